The second-order valence-corrected chi connectivity index (χ2v) is 6.91. The van der Waals surface area contributed by atoms with E-state index in [-0.39, 0.29) is 5.82 Å². The summed E-state index contributed by atoms with van der Waals surface area (Å²) < 4.78 is 19.3. The fourth-order valence-electron chi connectivity index (χ4n) is 3.75. The Kier molecular flexibility index (Phi) is 5.01. The van der Waals surface area contributed by atoms with E-state index >= 15 is 0 Å². The standard InChI is InChI=1S/C21H24FN3O2/c1-27-15-6-7-19-16(12-15)17(13-23-19)21(26)14-24-8-10-25(11-9-24)20-5-3-2-4-18(20)22/h2-7,12-13,21,23,26H,8-11,14H2,1H3/t21-/m0/s1. The Morgan fingerprint density at radius 1 is 1.15 bits per heavy atom. The number of halogens is 1. The third-order valence-corrected chi connectivity index (χ3v) is 5.28. The van der Waals surface area contributed by atoms with E-state index < -0.39 is 6.10 Å². The number of anilines is 1. The highest BCUT2D eigenvalue weighted by Gasteiger charge is 2.22. The summed E-state index contributed by atoms with van der Waals surface area (Å²) in [6.45, 7) is 3.62. The Balaban J connectivity index is 1.41. The van der Waals surface area contributed by atoms with Crippen LogP contribution in [0.25, 0.3) is 10.9 Å². The summed E-state index contributed by atoms with van der Waals surface area (Å²) in [5, 5.41) is 11.8. The number of fused-ring (bicyclic) bond motifs is 1. The average molecular weight is 369 g/mol. The van der Waals surface area contributed by atoms with Crippen molar-refractivity contribution >= 4 is 16.6 Å². The van der Waals surface area contributed by atoms with Gasteiger partial charge in [-0.25, -0.2) is 4.39 Å². The van der Waals surface area contributed by atoms with Crippen molar-refractivity contribution in [2.75, 3.05) is 44.7 Å². The van der Waals surface area contributed by atoms with Crippen molar-refractivity contribution in [3.8, 4) is 5.75 Å². The first-order valence-corrected chi connectivity index (χ1v) is 9.20. The van der Waals surface area contributed by atoms with Crippen molar-refractivity contribution in [1.82, 2.24) is 9.88 Å². The van der Waals surface area contributed by atoms with Gasteiger partial charge in [0.25, 0.3) is 0 Å². The highest BCUT2D eigenvalue weighted by molar-refractivity contribution is 5.85. The van der Waals surface area contributed by atoms with Crippen LogP contribution < -0.4 is 9.64 Å². The summed E-state index contributed by atoms with van der Waals surface area (Å²) in [4.78, 5) is 7.50. The number of aromatic nitrogens is 1. The first-order chi connectivity index (χ1) is 13.2. The number of nitrogens with one attached hydrogen (secondary N) is 1. The Morgan fingerprint density at radius 2 is 1.93 bits per heavy atom. The number of rotatable bonds is 5. The Morgan fingerprint density at radius 3 is 2.67 bits per heavy atom. The lowest BCUT2D eigenvalue weighted by atomic mass is 10.1. The number of benzene rings is 2. The third-order valence-electron chi connectivity index (χ3n) is 5.28. The molecule has 4 rings (SSSR count). The SMILES string of the molecule is COc1ccc2[nH]cc([C@@H](O)CN3CCN(c4ccccc4F)CC3)c2c1. The number of methoxy groups -OCH3 is 1. The zero-order valence-corrected chi connectivity index (χ0v) is 15.4. The van der Waals surface area contributed by atoms with Crippen LogP contribution in [-0.4, -0.2) is 54.8 Å². The first kappa shape index (κ1) is 17.8. The molecular weight excluding hydrogens is 345 g/mol. The van der Waals surface area contributed by atoms with Crippen LogP contribution in [0.4, 0.5) is 10.1 Å². The molecule has 2 aromatic carbocycles. The zero-order valence-electron chi connectivity index (χ0n) is 15.4. The molecule has 0 saturated carbocycles. The Hall–Kier alpha value is -2.57. The summed E-state index contributed by atoms with van der Waals surface area (Å²) in [6, 6.07) is 12.7. The van der Waals surface area contributed by atoms with E-state index in [1.165, 1.54) is 6.07 Å². The van der Waals surface area contributed by atoms with Gasteiger partial charge in [0.05, 0.1) is 18.9 Å². The molecule has 1 fully saturated rings. The molecule has 6 heteroatoms. The number of ether oxygens (including phenoxy) is 1. The van der Waals surface area contributed by atoms with Gasteiger partial charge in [0.2, 0.25) is 0 Å². The molecule has 0 radical (unpaired) electrons. The van der Waals surface area contributed by atoms with Gasteiger partial charge in [0.15, 0.2) is 0 Å². The highest BCUT2D eigenvalue weighted by Crippen LogP contribution is 2.28. The van der Waals surface area contributed by atoms with Crippen LogP contribution in [0.15, 0.2) is 48.7 Å². The number of aliphatic hydroxyl groups excluding tert-OH is 1. The number of aromatic amines is 1. The second kappa shape index (κ2) is 7.58. The molecule has 1 atom stereocenters. The molecule has 27 heavy (non-hydrogen) atoms. The van der Waals surface area contributed by atoms with E-state index in [4.69, 9.17) is 4.74 Å². The average Bonchev–Trinajstić information content (AvgIpc) is 3.12. The number of piperazine rings is 1. The number of aliphatic hydroxyl groups is 1. The summed E-state index contributed by atoms with van der Waals surface area (Å²) in [5.41, 5.74) is 2.51. The maximum absolute atomic E-state index is 14.0. The lowest BCUT2D eigenvalue weighted by Gasteiger charge is -2.37. The number of nitrogens with zero attached hydrogens (tertiary/aromatic N) is 2. The van der Waals surface area contributed by atoms with Crippen LogP contribution in [-0.2, 0) is 0 Å². The molecule has 0 bridgehead atoms. The predicted octanol–water partition coefficient (Wildman–Crippen LogP) is 3.17. The van der Waals surface area contributed by atoms with E-state index in [0.717, 1.165) is 48.4 Å². The van der Waals surface area contributed by atoms with Crippen molar-refractivity contribution in [3.05, 3.63) is 60.0 Å². The van der Waals surface area contributed by atoms with Crippen molar-refractivity contribution in [1.29, 1.82) is 0 Å². The van der Waals surface area contributed by atoms with Gasteiger partial charge in [-0.1, -0.05) is 12.1 Å². The lowest BCUT2D eigenvalue weighted by molar-refractivity contribution is 0.110. The van der Waals surface area contributed by atoms with Gasteiger partial charge in [-0.2, -0.15) is 0 Å². The minimum Gasteiger partial charge on any atom is -0.497 e. The lowest BCUT2D eigenvalue weighted by Crippen LogP contribution is -2.47. The molecule has 0 unspecified atom stereocenters. The largest absolute Gasteiger partial charge is 0.497 e. The monoisotopic (exact) mass is 369 g/mol. The van der Waals surface area contributed by atoms with Crippen molar-refractivity contribution in [3.63, 3.8) is 0 Å². The van der Waals surface area contributed by atoms with E-state index in [9.17, 15) is 9.50 Å². The maximum atomic E-state index is 14.0. The highest BCUT2D eigenvalue weighted by atomic mass is 19.1. The number of para-hydroxylation sites is 1. The molecule has 0 aliphatic carbocycles. The van der Waals surface area contributed by atoms with E-state index in [1.54, 1.807) is 13.2 Å². The topological polar surface area (TPSA) is 51.7 Å². The van der Waals surface area contributed by atoms with E-state index in [2.05, 4.69) is 14.8 Å². The first-order valence-electron chi connectivity index (χ1n) is 9.20. The molecule has 2 N–H and O–H groups in total. The van der Waals surface area contributed by atoms with Crippen LogP contribution in [0, 0.1) is 5.82 Å². The summed E-state index contributed by atoms with van der Waals surface area (Å²) in [7, 11) is 1.64. The summed E-state index contributed by atoms with van der Waals surface area (Å²) >= 11 is 0. The fourth-order valence-corrected chi connectivity index (χ4v) is 3.75. The molecule has 1 aliphatic rings. The molecule has 5 nitrogen and oxygen atoms in total. The molecule has 2 heterocycles. The number of hydrogen-bond donors (Lipinski definition) is 2. The molecule has 0 spiro atoms. The molecule has 142 valence electrons. The predicted molar refractivity (Wildman–Crippen MR) is 105 cm³/mol. The van der Waals surface area contributed by atoms with Gasteiger partial charge >= 0.3 is 0 Å². The number of hydrogen-bond acceptors (Lipinski definition) is 4. The summed E-state index contributed by atoms with van der Waals surface area (Å²) in [6.07, 6.45) is 1.27. The molecule has 0 amide bonds. The van der Waals surface area contributed by atoms with Crippen LogP contribution >= 0.6 is 0 Å². The maximum Gasteiger partial charge on any atom is 0.146 e. The Bertz CT molecular complexity index is 919. The third kappa shape index (κ3) is 3.63. The van der Waals surface area contributed by atoms with Gasteiger partial charge in [-0.15, -0.1) is 0 Å². The zero-order chi connectivity index (χ0) is 18.8. The molecule has 1 aromatic heterocycles. The smallest absolute Gasteiger partial charge is 0.146 e. The van der Waals surface area contributed by atoms with Crippen LogP contribution in [0.5, 0.6) is 5.75 Å². The number of β-amino-alcohol motifs (C(OH)–C–C–N with tert-alkyl or cyclic N) is 1. The van der Waals surface area contributed by atoms with Crippen LogP contribution in [0.1, 0.15) is 11.7 Å². The number of H-pyrrole nitrogens is 1. The van der Waals surface area contributed by atoms with Gasteiger partial charge in [0, 0.05) is 55.4 Å². The second-order valence-electron chi connectivity index (χ2n) is 6.91. The van der Waals surface area contributed by atoms with Crippen molar-refractivity contribution in [2.45, 2.75) is 6.10 Å². The van der Waals surface area contributed by atoms with Gasteiger partial charge in [0.1, 0.15) is 11.6 Å². The minimum absolute atomic E-state index is 0.182. The quantitative estimate of drug-likeness (QED) is 0.725. The van der Waals surface area contributed by atoms with Gasteiger partial charge in [-0.05, 0) is 30.3 Å². The Labute approximate surface area is 158 Å². The fraction of sp³-hybridized carbons (Fsp3) is 0.333. The van der Waals surface area contributed by atoms with Crippen LogP contribution in [0.3, 0.4) is 0 Å². The normalized spacial score (nSPS) is 16.6. The van der Waals surface area contributed by atoms with Crippen LogP contribution in [0.2, 0.25) is 0 Å². The molecular formula is C21H24FN3O2. The van der Waals surface area contributed by atoms with Gasteiger partial charge < -0.3 is 19.7 Å². The van der Waals surface area contributed by atoms with E-state index in [1.807, 2.05) is 36.5 Å². The summed E-state index contributed by atoms with van der Waals surface area (Å²) in [5.74, 6) is 0.591. The van der Waals surface area contributed by atoms with E-state index in [0.29, 0.717) is 12.2 Å². The molecule has 1 saturated heterocycles. The molecule has 1 aliphatic heterocycles. The van der Waals surface area contributed by atoms with Gasteiger partial charge in [-0.3, -0.25) is 4.90 Å². The minimum atomic E-state index is -0.592. The van der Waals surface area contributed by atoms with Crippen molar-refractivity contribution in [2.24, 2.45) is 0 Å². The molecule has 3 aromatic rings. The van der Waals surface area contributed by atoms with Crippen molar-refractivity contribution < 1.29 is 14.2 Å².